The molecule has 0 aliphatic carbocycles. The van der Waals surface area contributed by atoms with E-state index in [4.69, 9.17) is 4.74 Å². The Hall–Kier alpha value is -2.44. The summed E-state index contributed by atoms with van der Waals surface area (Å²) >= 11 is 0.712. The smallest absolute Gasteiger partial charge is 0.362 e. The molecule has 0 aliphatic rings. The summed E-state index contributed by atoms with van der Waals surface area (Å²) in [5, 5.41) is 5.89. The van der Waals surface area contributed by atoms with Gasteiger partial charge >= 0.3 is 5.97 Å². The van der Waals surface area contributed by atoms with Crippen LogP contribution in [-0.4, -0.2) is 53.9 Å². The summed E-state index contributed by atoms with van der Waals surface area (Å²) in [7, 11) is -3.87. The number of nitrogens with one attached hydrogen (secondary N) is 1. The van der Waals surface area contributed by atoms with Crippen molar-refractivity contribution in [2.24, 2.45) is 0 Å². The first-order valence-corrected chi connectivity index (χ1v) is 10.6. The van der Waals surface area contributed by atoms with Gasteiger partial charge in [0.2, 0.25) is 15.7 Å². The van der Waals surface area contributed by atoms with Gasteiger partial charge in [0.15, 0.2) is 5.00 Å². The van der Waals surface area contributed by atoms with E-state index in [0.29, 0.717) is 11.5 Å². The van der Waals surface area contributed by atoms with Crippen molar-refractivity contribution in [3.63, 3.8) is 0 Å². The van der Waals surface area contributed by atoms with E-state index in [2.05, 4.69) is 14.9 Å². The number of nitrogens with zero attached hydrogens (tertiary/aromatic N) is 3. The molecule has 2 aromatic rings. The van der Waals surface area contributed by atoms with Gasteiger partial charge in [-0.1, -0.05) is 18.3 Å². The Bertz CT molecular complexity index is 973. The van der Waals surface area contributed by atoms with Crippen LogP contribution in [0.2, 0.25) is 0 Å². The number of carbonyl (C=O) groups excluding carboxylic acids is 2. The Kier molecular flexibility index (Phi) is 7.16. The maximum atomic E-state index is 14.2. The highest BCUT2D eigenvalue weighted by Gasteiger charge is 2.26. The molecule has 1 N–H and O–H groups in total. The number of sulfonamides is 1. The zero-order valence-corrected chi connectivity index (χ0v) is 17.1. The summed E-state index contributed by atoms with van der Waals surface area (Å²) < 4.78 is 49.0. The molecule has 0 atom stereocenters. The minimum atomic E-state index is -3.87. The lowest BCUT2D eigenvalue weighted by Gasteiger charge is -2.18. The second-order valence-corrected chi connectivity index (χ2v) is 8.05. The van der Waals surface area contributed by atoms with Gasteiger partial charge in [0.25, 0.3) is 5.91 Å². The molecule has 0 bridgehead atoms. The highest BCUT2D eigenvalue weighted by atomic mass is 32.2. The molecular formula is C16H19FN4O5S2. The predicted molar refractivity (Wildman–Crippen MR) is 100 cm³/mol. The molecule has 0 unspecified atom stereocenters. The molecule has 1 aromatic carbocycles. The van der Waals surface area contributed by atoms with Crippen LogP contribution in [0.4, 0.5) is 9.39 Å². The van der Waals surface area contributed by atoms with Crippen molar-refractivity contribution in [3.05, 3.63) is 35.3 Å². The second kappa shape index (κ2) is 9.17. The van der Waals surface area contributed by atoms with Crippen LogP contribution in [0.1, 0.15) is 41.6 Å². The van der Waals surface area contributed by atoms with E-state index < -0.39 is 33.3 Å². The Balaban J connectivity index is 2.35. The number of carbonyl (C=O) groups is 2. The Morgan fingerprint density at radius 2 is 1.93 bits per heavy atom. The number of halogens is 1. The Morgan fingerprint density at radius 3 is 2.54 bits per heavy atom. The Morgan fingerprint density at radius 1 is 1.25 bits per heavy atom. The number of hydrogen-bond acceptors (Lipinski definition) is 8. The first-order valence-electron chi connectivity index (χ1n) is 8.36. The maximum absolute atomic E-state index is 14.2. The van der Waals surface area contributed by atoms with E-state index in [1.54, 1.807) is 20.8 Å². The average Bonchev–Trinajstić information content (AvgIpc) is 3.11. The van der Waals surface area contributed by atoms with Crippen LogP contribution in [0, 0.1) is 5.82 Å². The summed E-state index contributed by atoms with van der Waals surface area (Å²) in [6.45, 7) is 5.51. The van der Waals surface area contributed by atoms with Crippen LogP contribution in [0.3, 0.4) is 0 Å². The fourth-order valence-electron chi connectivity index (χ4n) is 2.33. The molecule has 12 heteroatoms. The van der Waals surface area contributed by atoms with Gasteiger partial charge in [-0.05, 0) is 25.1 Å². The highest BCUT2D eigenvalue weighted by Crippen LogP contribution is 2.23. The summed E-state index contributed by atoms with van der Waals surface area (Å²) in [6.07, 6.45) is 0. The van der Waals surface area contributed by atoms with E-state index in [1.807, 2.05) is 0 Å². The zero-order valence-electron chi connectivity index (χ0n) is 15.4. The van der Waals surface area contributed by atoms with Crippen molar-refractivity contribution in [3.8, 4) is 0 Å². The van der Waals surface area contributed by atoms with Crippen LogP contribution in [0.5, 0.6) is 0 Å². The van der Waals surface area contributed by atoms with Crippen molar-refractivity contribution in [2.75, 3.05) is 25.0 Å². The predicted octanol–water partition coefficient (Wildman–Crippen LogP) is 2.14. The SMILES string of the molecule is CCOC(=O)c1nnsc1NC(=O)c1cc(S(=O)(=O)N(CC)CC)ccc1F. The molecule has 0 fully saturated rings. The molecule has 152 valence electrons. The van der Waals surface area contributed by atoms with Gasteiger partial charge in [0.05, 0.1) is 17.1 Å². The van der Waals surface area contributed by atoms with Gasteiger partial charge in [-0.25, -0.2) is 17.6 Å². The van der Waals surface area contributed by atoms with Gasteiger partial charge in [0.1, 0.15) is 5.82 Å². The minimum Gasteiger partial charge on any atom is -0.461 e. The molecule has 0 radical (unpaired) electrons. The molecule has 0 aliphatic heterocycles. The van der Waals surface area contributed by atoms with Crippen LogP contribution in [0.15, 0.2) is 23.1 Å². The van der Waals surface area contributed by atoms with E-state index >= 15 is 0 Å². The monoisotopic (exact) mass is 430 g/mol. The summed E-state index contributed by atoms with van der Waals surface area (Å²) in [6, 6.07) is 2.96. The summed E-state index contributed by atoms with van der Waals surface area (Å²) in [4.78, 5) is 24.1. The third kappa shape index (κ3) is 4.51. The largest absolute Gasteiger partial charge is 0.461 e. The van der Waals surface area contributed by atoms with Gasteiger partial charge in [0, 0.05) is 24.6 Å². The standard InChI is InChI=1S/C16H19FN4O5S2/c1-4-21(5-2)28(24,25)10-7-8-12(17)11(9-10)14(22)18-15-13(19-20-27-15)16(23)26-6-3/h7-9H,4-6H2,1-3H3,(H,18,22). The molecule has 0 saturated heterocycles. The first-order chi connectivity index (χ1) is 13.3. The van der Waals surface area contributed by atoms with Gasteiger partial charge in [-0.15, -0.1) is 5.10 Å². The molecule has 9 nitrogen and oxygen atoms in total. The van der Waals surface area contributed by atoms with E-state index in [9.17, 15) is 22.4 Å². The van der Waals surface area contributed by atoms with E-state index in [-0.39, 0.29) is 35.3 Å². The summed E-state index contributed by atoms with van der Waals surface area (Å²) in [5.74, 6) is -2.64. The molecule has 0 saturated carbocycles. The molecule has 1 heterocycles. The van der Waals surface area contributed by atoms with Crippen LogP contribution >= 0.6 is 11.5 Å². The lowest BCUT2D eigenvalue weighted by Crippen LogP contribution is -2.31. The lowest BCUT2D eigenvalue weighted by atomic mass is 10.2. The van der Waals surface area contributed by atoms with Gasteiger partial charge in [-0.3, -0.25) is 4.79 Å². The third-order valence-corrected chi connectivity index (χ3v) is 6.40. The van der Waals surface area contributed by atoms with Gasteiger partial charge in [-0.2, -0.15) is 4.31 Å². The Labute approximate surface area is 165 Å². The zero-order chi connectivity index (χ0) is 20.9. The minimum absolute atomic E-state index is 0.0279. The molecule has 1 aromatic heterocycles. The fourth-order valence-corrected chi connectivity index (χ4v) is 4.37. The number of esters is 1. The average molecular weight is 430 g/mol. The lowest BCUT2D eigenvalue weighted by molar-refractivity contribution is 0.0520. The number of benzene rings is 1. The van der Waals surface area contributed by atoms with Crippen LogP contribution in [-0.2, 0) is 14.8 Å². The van der Waals surface area contributed by atoms with Crippen molar-refractivity contribution >= 4 is 38.4 Å². The molecule has 2 rings (SSSR count). The number of hydrogen-bond donors (Lipinski definition) is 1. The van der Waals surface area contributed by atoms with E-state index in [1.165, 1.54) is 4.31 Å². The van der Waals surface area contributed by atoms with E-state index in [0.717, 1.165) is 18.2 Å². The maximum Gasteiger partial charge on any atom is 0.362 e. The number of aromatic nitrogens is 2. The number of anilines is 1. The molecule has 1 amide bonds. The van der Waals surface area contributed by atoms with Crippen molar-refractivity contribution in [2.45, 2.75) is 25.7 Å². The summed E-state index contributed by atoms with van der Waals surface area (Å²) in [5.41, 5.74) is -0.705. The second-order valence-electron chi connectivity index (χ2n) is 5.36. The van der Waals surface area contributed by atoms with Crippen molar-refractivity contribution in [1.29, 1.82) is 0 Å². The fraction of sp³-hybridized carbons (Fsp3) is 0.375. The van der Waals surface area contributed by atoms with Crippen molar-refractivity contribution in [1.82, 2.24) is 13.9 Å². The molecular weight excluding hydrogens is 411 g/mol. The highest BCUT2D eigenvalue weighted by molar-refractivity contribution is 7.89. The van der Waals surface area contributed by atoms with Crippen molar-refractivity contribution < 1.29 is 27.1 Å². The van der Waals surface area contributed by atoms with Gasteiger partial charge < -0.3 is 10.1 Å². The number of amides is 1. The van der Waals surface area contributed by atoms with Crippen LogP contribution in [0.25, 0.3) is 0 Å². The molecule has 0 spiro atoms. The number of ether oxygens (including phenoxy) is 1. The number of rotatable bonds is 8. The normalized spacial score (nSPS) is 11.5. The quantitative estimate of drug-likeness (QED) is 0.637. The first kappa shape index (κ1) is 21.9. The third-order valence-electron chi connectivity index (χ3n) is 3.71. The van der Waals surface area contributed by atoms with Crippen LogP contribution < -0.4 is 5.32 Å². The topological polar surface area (TPSA) is 119 Å². The molecule has 28 heavy (non-hydrogen) atoms.